The van der Waals surface area contributed by atoms with Crippen molar-refractivity contribution in [2.75, 3.05) is 0 Å². The minimum Gasteiger partial charge on any atom is -0.347 e. The summed E-state index contributed by atoms with van der Waals surface area (Å²) in [5.74, 6) is -0.296. The Balaban J connectivity index is 1.71. The van der Waals surface area contributed by atoms with Gasteiger partial charge in [-0.1, -0.05) is 36.4 Å². The molecule has 0 aromatic heterocycles. The second-order valence-electron chi connectivity index (χ2n) is 7.39. The highest BCUT2D eigenvalue weighted by Gasteiger charge is 2.30. The topological polar surface area (TPSA) is 29.1 Å². The van der Waals surface area contributed by atoms with E-state index < -0.39 is 17.3 Å². The smallest absolute Gasteiger partial charge is 0.347 e. The Labute approximate surface area is 151 Å². The Morgan fingerprint density at radius 1 is 1.00 bits per heavy atom. The molecule has 0 saturated carbocycles. The Morgan fingerprint density at radius 2 is 1.73 bits per heavy atom. The first kappa shape index (κ1) is 18.5. The molecule has 5 heteroatoms. The van der Waals surface area contributed by atoms with Crippen LogP contribution in [0.3, 0.4) is 0 Å². The lowest BCUT2D eigenvalue weighted by Gasteiger charge is -2.28. The molecule has 2 nitrogen and oxygen atoms in total. The monoisotopic (exact) mass is 361 g/mol. The van der Waals surface area contributed by atoms with Crippen LogP contribution in [0.15, 0.2) is 42.5 Å². The molecule has 0 heterocycles. The van der Waals surface area contributed by atoms with Crippen molar-refractivity contribution in [1.82, 2.24) is 5.32 Å². The molecule has 1 amide bonds. The zero-order valence-electron chi connectivity index (χ0n) is 14.9. The molecule has 1 aliphatic rings. The summed E-state index contributed by atoms with van der Waals surface area (Å²) < 4.78 is 38.4. The van der Waals surface area contributed by atoms with Gasteiger partial charge >= 0.3 is 6.18 Å². The Kier molecular flexibility index (Phi) is 4.82. The molecule has 0 bridgehead atoms. The number of amides is 1. The summed E-state index contributed by atoms with van der Waals surface area (Å²) >= 11 is 0. The van der Waals surface area contributed by atoms with Crippen molar-refractivity contribution >= 4 is 5.91 Å². The van der Waals surface area contributed by atoms with Gasteiger partial charge in [0.05, 0.1) is 17.5 Å². The summed E-state index contributed by atoms with van der Waals surface area (Å²) in [5.41, 5.74) is 2.72. The zero-order chi connectivity index (χ0) is 18.9. The van der Waals surface area contributed by atoms with E-state index >= 15 is 0 Å². The van der Waals surface area contributed by atoms with E-state index in [1.54, 1.807) is 0 Å². The maximum absolute atomic E-state index is 12.8. The number of nitrogens with one attached hydrogen (secondary N) is 1. The van der Waals surface area contributed by atoms with Gasteiger partial charge in [-0.25, -0.2) is 0 Å². The second kappa shape index (κ2) is 6.78. The van der Waals surface area contributed by atoms with Crippen LogP contribution in [-0.4, -0.2) is 5.91 Å². The van der Waals surface area contributed by atoms with Crippen molar-refractivity contribution in [3.05, 3.63) is 70.3 Å². The van der Waals surface area contributed by atoms with Gasteiger partial charge in [-0.05, 0) is 61.4 Å². The molecular weight excluding hydrogens is 339 g/mol. The zero-order valence-corrected chi connectivity index (χ0v) is 14.9. The van der Waals surface area contributed by atoms with E-state index in [2.05, 4.69) is 17.4 Å². The molecular formula is C21H22F3NO. The lowest BCUT2D eigenvalue weighted by Crippen LogP contribution is -2.41. The van der Waals surface area contributed by atoms with Crippen LogP contribution in [0.2, 0.25) is 0 Å². The maximum Gasteiger partial charge on any atom is 0.416 e. The first-order chi connectivity index (χ1) is 12.1. The lowest BCUT2D eigenvalue weighted by atomic mass is 9.91. The quantitative estimate of drug-likeness (QED) is 0.834. The number of benzene rings is 2. The standard InChI is InChI=1S/C21H22F3NO/c1-20(2,17-10-9-15-6-4-7-16(15)13-17)25-19(26)12-14-5-3-8-18(11-14)21(22,23)24/h3,5,8-11,13H,4,6-7,12H2,1-2H3,(H,25,26). The van der Waals surface area contributed by atoms with Gasteiger partial charge < -0.3 is 5.32 Å². The molecule has 2 aromatic carbocycles. The number of rotatable bonds is 4. The van der Waals surface area contributed by atoms with E-state index in [0.717, 1.165) is 37.0 Å². The third-order valence-corrected chi connectivity index (χ3v) is 4.89. The molecule has 1 N–H and O–H groups in total. The molecule has 0 atom stereocenters. The normalized spacial score (nSPS) is 14.2. The molecule has 1 aliphatic carbocycles. The first-order valence-corrected chi connectivity index (χ1v) is 8.74. The minimum absolute atomic E-state index is 0.0850. The molecule has 0 unspecified atom stereocenters. The molecule has 0 saturated heterocycles. The molecule has 0 aliphatic heterocycles. The van der Waals surface area contributed by atoms with E-state index in [1.807, 2.05) is 19.9 Å². The molecule has 138 valence electrons. The minimum atomic E-state index is -4.41. The largest absolute Gasteiger partial charge is 0.416 e. The van der Waals surface area contributed by atoms with Gasteiger partial charge in [0.2, 0.25) is 5.91 Å². The number of carbonyl (C=O) groups is 1. The molecule has 0 spiro atoms. The van der Waals surface area contributed by atoms with Crippen molar-refractivity contribution < 1.29 is 18.0 Å². The lowest BCUT2D eigenvalue weighted by molar-refractivity contribution is -0.137. The van der Waals surface area contributed by atoms with Crippen LogP contribution >= 0.6 is 0 Å². The van der Waals surface area contributed by atoms with Crippen molar-refractivity contribution in [3.63, 3.8) is 0 Å². The number of halogens is 3. The van der Waals surface area contributed by atoms with E-state index in [1.165, 1.54) is 23.3 Å². The van der Waals surface area contributed by atoms with E-state index in [0.29, 0.717) is 5.56 Å². The first-order valence-electron chi connectivity index (χ1n) is 8.74. The van der Waals surface area contributed by atoms with E-state index in [-0.39, 0.29) is 12.3 Å². The number of hydrogen-bond donors (Lipinski definition) is 1. The molecule has 0 radical (unpaired) electrons. The summed E-state index contributed by atoms with van der Waals surface area (Å²) in [5, 5.41) is 2.95. The van der Waals surface area contributed by atoms with Crippen LogP contribution < -0.4 is 5.32 Å². The van der Waals surface area contributed by atoms with Crippen LogP contribution in [0.5, 0.6) is 0 Å². The highest BCUT2D eigenvalue weighted by molar-refractivity contribution is 5.79. The predicted molar refractivity (Wildman–Crippen MR) is 94.8 cm³/mol. The summed E-state index contributed by atoms with van der Waals surface area (Å²) in [4.78, 5) is 12.4. The van der Waals surface area contributed by atoms with Crippen LogP contribution in [-0.2, 0) is 35.8 Å². The van der Waals surface area contributed by atoms with Gasteiger partial charge in [-0.15, -0.1) is 0 Å². The molecule has 2 aromatic rings. The highest BCUT2D eigenvalue weighted by atomic mass is 19.4. The summed E-state index contributed by atoms with van der Waals surface area (Å²) in [6.07, 6.45) is -1.19. The van der Waals surface area contributed by atoms with Crippen molar-refractivity contribution in [3.8, 4) is 0 Å². The Hall–Kier alpha value is -2.30. The number of fused-ring (bicyclic) bond motifs is 1. The summed E-state index contributed by atoms with van der Waals surface area (Å²) in [6, 6.07) is 11.2. The van der Waals surface area contributed by atoms with Crippen LogP contribution in [0.4, 0.5) is 13.2 Å². The van der Waals surface area contributed by atoms with Gasteiger partial charge in [0.1, 0.15) is 0 Å². The van der Waals surface area contributed by atoms with Gasteiger partial charge in [-0.3, -0.25) is 4.79 Å². The van der Waals surface area contributed by atoms with Crippen LogP contribution in [0.1, 0.15) is 48.1 Å². The van der Waals surface area contributed by atoms with E-state index in [4.69, 9.17) is 0 Å². The molecule has 26 heavy (non-hydrogen) atoms. The predicted octanol–water partition coefficient (Wildman–Crippen LogP) is 4.79. The van der Waals surface area contributed by atoms with Crippen molar-refractivity contribution in [2.24, 2.45) is 0 Å². The second-order valence-corrected chi connectivity index (χ2v) is 7.39. The third-order valence-electron chi connectivity index (χ3n) is 4.89. The van der Waals surface area contributed by atoms with Gasteiger partial charge in [-0.2, -0.15) is 13.2 Å². The Morgan fingerprint density at radius 3 is 2.46 bits per heavy atom. The third kappa shape index (κ3) is 4.09. The number of carbonyl (C=O) groups excluding carboxylic acids is 1. The number of aryl methyl sites for hydroxylation is 2. The number of hydrogen-bond acceptors (Lipinski definition) is 1. The van der Waals surface area contributed by atoms with Crippen LogP contribution in [0.25, 0.3) is 0 Å². The fourth-order valence-electron chi connectivity index (χ4n) is 3.47. The molecule has 3 rings (SSSR count). The van der Waals surface area contributed by atoms with Crippen molar-refractivity contribution in [2.45, 2.75) is 51.2 Å². The van der Waals surface area contributed by atoms with E-state index in [9.17, 15) is 18.0 Å². The highest BCUT2D eigenvalue weighted by Crippen LogP contribution is 2.30. The fourth-order valence-corrected chi connectivity index (χ4v) is 3.47. The fraction of sp³-hybridized carbons (Fsp3) is 0.381. The average Bonchev–Trinajstić information content (AvgIpc) is 3.01. The molecule has 0 fully saturated rings. The van der Waals surface area contributed by atoms with Crippen LogP contribution in [0, 0.1) is 0 Å². The average molecular weight is 361 g/mol. The Bertz CT molecular complexity index is 824. The summed E-state index contributed by atoms with van der Waals surface area (Å²) in [6.45, 7) is 3.82. The van der Waals surface area contributed by atoms with Gasteiger partial charge in [0.15, 0.2) is 0 Å². The van der Waals surface area contributed by atoms with Crippen molar-refractivity contribution in [1.29, 1.82) is 0 Å². The number of alkyl halides is 3. The summed E-state index contributed by atoms with van der Waals surface area (Å²) in [7, 11) is 0. The van der Waals surface area contributed by atoms with Gasteiger partial charge in [0, 0.05) is 0 Å². The maximum atomic E-state index is 12.8. The van der Waals surface area contributed by atoms with Gasteiger partial charge in [0.25, 0.3) is 0 Å². The SMILES string of the molecule is CC(C)(NC(=O)Cc1cccc(C(F)(F)F)c1)c1ccc2c(c1)CCC2.